The lowest BCUT2D eigenvalue weighted by Crippen LogP contribution is -2.40. The highest BCUT2D eigenvalue weighted by molar-refractivity contribution is 5.83. The fourth-order valence-electron chi connectivity index (χ4n) is 3.28. The van der Waals surface area contributed by atoms with Gasteiger partial charge in [0.05, 0.1) is 6.54 Å². The van der Waals surface area contributed by atoms with Crippen LogP contribution in [0.4, 0.5) is 0 Å². The van der Waals surface area contributed by atoms with Gasteiger partial charge in [0.25, 0.3) is 5.82 Å². The zero-order chi connectivity index (χ0) is 17.2. The number of ether oxygens (including phenoxy) is 1. The first kappa shape index (κ1) is 15.7. The Balaban J connectivity index is 1.63. The number of nitrogens with zero attached hydrogens (tertiary/aromatic N) is 1. The molecule has 3 nitrogen and oxygen atoms in total. The Morgan fingerprint density at radius 3 is 2.52 bits per heavy atom. The first-order valence-electron chi connectivity index (χ1n) is 8.82. The summed E-state index contributed by atoms with van der Waals surface area (Å²) in [6, 6.07) is 23.0. The summed E-state index contributed by atoms with van der Waals surface area (Å²) in [5, 5.41) is 2.43. The summed E-state index contributed by atoms with van der Waals surface area (Å²) in [5.41, 5.74) is 2.38. The maximum Gasteiger partial charge on any atom is 0.293 e. The molecule has 0 saturated carbocycles. The van der Waals surface area contributed by atoms with E-state index in [4.69, 9.17) is 4.74 Å². The molecule has 0 aliphatic heterocycles. The molecule has 0 amide bonds. The summed E-state index contributed by atoms with van der Waals surface area (Å²) in [6.07, 6.45) is 0. The SMILES string of the molecule is CC(C)C[n+]1c(COc2ccc3ccccc3c2)[nH]c2ccccc21. The van der Waals surface area contributed by atoms with Crippen molar-refractivity contribution in [3.63, 3.8) is 0 Å². The average molecular weight is 331 g/mol. The third kappa shape index (κ3) is 3.22. The van der Waals surface area contributed by atoms with E-state index in [1.165, 1.54) is 16.3 Å². The number of aromatic nitrogens is 2. The molecule has 0 spiro atoms. The second-order valence-corrected chi connectivity index (χ2v) is 6.89. The number of aromatic amines is 1. The molecule has 4 aromatic rings. The maximum atomic E-state index is 6.10. The number of hydrogen-bond donors (Lipinski definition) is 1. The summed E-state index contributed by atoms with van der Waals surface area (Å²) in [7, 11) is 0. The topological polar surface area (TPSA) is 28.9 Å². The monoisotopic (exact) mass is 331 g/mol. The molecule has 3 heteroatoms. The number of fused-ring (bicyclic) bond motifs is 2. The summed E-state index contributed by atoms with van der Waals surface area (Å²) in [6.45, 7) is 5.98. The highest BCUT2D eigenvalue weighted by Gasteiger charge is 2.19. The minimum atomic E-state index is 0.528. The molecule has 0 unspecified atom stereocenters. The number of imidazole rings is 1. The van der Waals surface area contributed by atoms with Crippen molar-refractivity contribution in [3.05, 3.63) is 72.6 Å². The minimum absolute atomic E-state index is 0.528. The van der Waals surface area contributed by atoms with Gasteiger partial charge in [0, 0.05) is 0 Å². The molecular formula is C22H23N2O+. The molecule has 0 bridgehead atoms. The van der Waals surface area contributed by atoms with E-state index < -0.39 is 0 Å². The van der Waals surface area contributed by atoms with Crippen molar-refractivity contribution in [2.75, 3.05) is 0 Å². The van der Waals surface area contributed by atoms with Crippen molar-refractivity contribution in [1.82, 2.24) is 4.98 Å². The second-order valence-electron chi connectivity index (χ2n) is 6.89. The smallest absolute Gasteiger partial charge is 0.293 e. The quantitative estimate of drug-likeness (QED) is 0.521. The van der Waals surface area contributed by atoms with Crippen LogP contribution >= 0.6 is 0 Å². The van der Waals surface area contributed by atoms with Crippen LogP contribution in [0.3, 0.4) is 0 Å². The number of hydrogen-bond acceptors (Lipinski definition) is 1. The van der Waals surface area contributed by atoms with Crippen molar-refractivity contribution < 1.29 is 9.30 Å². The van der Waals surface area contributed by atoms with Crippen LogP contribution in [0.5, 0.6) is 5.75 Å². The molecule has 1 aromatic heterocycles. The molecule has 0 aliphatic carbocycles. The lowest BCUT2D eigenvalue weighted by molar-refractivity contribution is -0.685. The largest absolute Gasteiger partial charge is 0.481 e. The standard InChI is InChI=1S/C22H22N2O/c1-16(2)14-24-21-10-6-5-9-20(21)23-22(24)15-25-19-12-11-17-7-3-4-8-18(17)13-19/h3-13,16H,14-15H2,1-2H3/p+1. The molecular weight excluding hydrogens is 308 g/mol. The van der Waals surface area contributed by atoms with Crippen molar-refractivity contribution in [3.8, 4) is 5.75 Å². The summed E-state index contributed by atoms with van der Waals surface area (Å²) < 4.78 is 8.43. The highest BCUT2D eigenvalue weighted by atomic mass is 16.5. The Morgan fingerprint density at radius 1 is 0.920 bits per heavy atom. The third-order valence-electron chi connectivity index (χ3n) is 4.44. The molecule has 126 valence electrons. The molecule has 1 heterocycles. The molecule has 0 saturated heterocycles. The van der Waals surface area contributed by atoms with Gasteiger partial charge >= 0.3 is 0 Å². The number of rotatable bonds is 5. The van der Waals surface area contributed by atoms with E-state index in [0.717, 1.165) is 23.6 Å². The Hall–Kier alpha value is -2.81. The van der Waals surface area contributed by atoms with E-state index in [0.29, 0.717) is 12.5 Å². The lowest BCUT2D eigenvalue weighted by atomic mass is 10.1. The molecule has 0 aliphatic rings. The Labute approximate surface area is 147 Å². The molecule has 3 aromatic carbocycles. The molecule has 0 radical (unpaired) electrons. The minimum Gasteiger partial charge on any atom is -0.481 e. The Bertz CT molecular complexity index is 1020. The van der Waals surface area contributed by atoms with Crippen LogP contribution in [-0.4, -0.2) is 4.98 Å². The predicted octanol–water partition coefficient (Wildman–Crippen LogP) is 4.84. The summed E-state index contributed by atoms with van der Waals surface area (Å²) in [4.78, 5) is 3.51. The normalized spacial score (nSPS) is 11.5. The van der Waals surface area contributed by atoms with Crippen LogP contribution in [-0.2, 0) is 13.2 Å². The van der Waals surface area contributed by atoms with Gasteiger partial charge in [0.1, 0.15) is 5.75 Å². The molecule has 0 fully saturated rings. The fraction of sp³-hybridized carbons (Fsp3) is 0.227. The van der Waals surface area contributed by atoms with Gasteiger partial charge in [-0.25, -0.2) is 9.55 Å². The van der Waals surface area contributed by atoms with Gasteiger partial charge in [0.2, 0.25) is 0 Å². The molecule has 0 atom stereocenters. The van der Waals surface area contributed by atoms with E-state index in [2.05, 4.69) is 84.1 Å². The number of para-hydroxylation sites is 2. The van der Waals surface area contributed by atoms with Gasteiger partial charge in [-0.1, -0.05) is 56.3 Å². The van der Waals surface area contributed by atoms with Crippen molar-refractivity contribution in [2.24, 2.45) is 5.92 Å². The number of nitrogens with one attached hydrogen (secondary N) is 1. The van der Waals surface area contributed by atoms with Crippen LogP contribution in [0.1, 0.15) is 19.7 Å². The van der Waals surface area contributed by atoms with E-state index in [1.807, 2.05) is 6.07 Å². The predicted molar refractivity (Wildman–Crippen MR) is 102 cm³/mol. The average Bonchev–Trinajstić information content (AvgIpc) is 2.97. The first-order chi connectivity index (χ1) is 12.2. The fourth-order valence-corrected chi connectivity index (χ4v) is 3.28. The van der Waals surface area contributed by atoms with Gasteiger partial charge in [-0.05, 0) is 41.0 Å². The summed E-state index contributed by atoms with van der Waals surface area (Å²) in [5.74, 6) is 2.57. The van der Waals surface area contributed by atoms with Crippen molar-refractivity contribution in [2.45, 2.75) is 27.0 Å². The van der Waals surface area contributed by atoms with Crippen LogP contribution in [0.25, 0.3) is 21.8 Å². The third-order valence-corrected chi connectivity index (χ3v) is 4.44. The Morgan fingerprint density at radius 2 is 1.68 bits per heavy atom. The zero-order valence-electron chi connectivity index (χ0n) is 14.7. The summed E-state index contributed by atoms with van der Waals surface area (Å²) >= 11 is 0. The van der Waals surface area contributed by atoms with Gasteiger partial charge in [-0.3, -0.25) is 0 Å². The van der Waals surface area contributed by atoms with E-state index in [-0.39, 0.29) is 0 Å². The van der Waals surface area contributed by atoms with Gasteiger partial charge in [-0.2, -0.15) is 0 Å². The number of H-pyrrole nitrogens is 1. The van der Waals surface area contributed by atoms with Gasteiger partial charge in [0.15, 0.2) is 17.6 Å². The maximum absolute atomic E-state index is 6.10. The second kappa shape index (κ2) is 6.60. The number of benzene rings is 3. The van der Waals surface area contributed by atoms with Crippen molar-refractivity contribution >= 4 is 21.8 Å². The highest BCUT2D eigenvalue weighted by Crippen LogP contribution is 2.21. The van der Waals surface area contributed by atoms with E-state index in [1.54, 1.807) is 0 Å². The van der Waals surface area contributed by atoms with Crippen LogP contribution in [0.15, 0.2) is 66.7 Å². The van der Waals surface area contributed by atoms with E-state index >= 15 is 0 Å². The van der Waals surface area contributed by atoms with Crippen LogP contribution in [0, 0.1) is 5.92 Å². The molecule has 1 N–H and O–H groups in total. The first-order valence-corrected chi connectivity index (χ1v) is 8.82. The zero-order valence-corrected chi connectivity index (χ0v) is 14.7. The Kier molecular flexibility index (Phi) is 4.14. The van der Waals surface area contributed by atoms with E-state index in [9.17, 15) is 0 Å². The molecule has 4 rings (SSSR count). The molecule has 25 heavy (non-hydrogen) atoms. The van der Waals surface area contributed by atoms with Crippen LogP contribution in [0.2, 0.25) is 0 Å². The lowest BCUT2D eigenvalue weighted by Gasteiger charge is -2.08. The van der Waals surface area contributed by atoms with Crippen LogP contribution < -0.4 is 9.30 Å². The van der Waals surface area contributed by atoms with Crippen molar-refractivity contribution in [1.29, 1.82) is 0 Å². The van der Waals surface area contributed by atoms with Gasteiger partial charge < -0.3 is 4.74 Å². The van der Waals surface area contributed by atoms with Gasteiger partial charge in [-0.15, -0.1) is 0 Å².